The molecule has 0 spiro atoms. The molecule has 15 nitrogen and oxygen atoms in total. The number of primary amides is 1. The van der Waals surface area contributed by atoms with Crippen LogP contribution in [-0.4, -0.2) is 141 Å². The molecule has 1 amide bonds. The summed E-state index contributed by atoms with van der Waals surface area (Å²) in [5.74, 6) is -0.695. The Hall–Kier alpha value is -2.50. The van der Waals surface area contributed by atoms with Gasteiger partial charge in [0.2, 0.25) is 0 Å². The smallest absolute Gasteiger partial charge is 0.271 e. The fourth-order valence-electron chi connectivity index (χ4n) is 3.23. The molecule has 0 aromatic carbocycles. The Balaban J connectivity index is 2.31. The first kappa shape index (κ1) is 37.5. The van der Waals surface area contributed by atoms with E-state index in [0.29, 0.717) is 118 Å². The van der Waals surface area contributed by atoms with Gasteiger partial charge in [-0.25, -0.2) is 9.97 Å². The number of amides is 1. The lowest BCUT2D eigenvalue weighted by molar-refractivity contribution is 0.00367. The highest BCUT2D eigenvalue weighted by molar-refractivity contribution is 6.00. The first-order valence-corrected chi connectivity index (χ1v) is 14.2. The molecule has 15 heteroatoms. The number of Topliss-reactive ketones (excluding diaryl/α,β-unsaturated/α-hetero) is 1. The number of nitrogens with zero attached hydrogens (tertiary/aromatic N) is 2. The number of carbonyl (C=O) groups is 2. The lowest BCUT2D eigenvalue weighted by Crippen LogP contribution is -2.22. The Morgan fingerprint density at radius 2 is 0.905 bits per heavy atom. The lowest BCUT2D eigenvalue weighted by Gasteiger charge is -2.14. The number of methoxy groups -OCH3 is 2. The monoisotopic (exact) mass is 603 g/mol. The number of hydrogen-bond acceptors (Lipinski definition) is 14. The largest absolute Gasteiger partial charge is 0.382 e. The highest BCUT2D eigenvalue weighted by atomic mass is 16.6. The zero-order valence-corrected chi connectivity index (χ0v) is 25.3. The summed E-state index contributed by atoms with van der Waals surface area (Å²) in [5.41, 5.74) is 5.60. The van der Waals surface area contributed by atoms with E-state index >= 15 is 0 Å². The second-order valence-electron chi connectivity index (χ2n) is 8.76. The van der Waals surface area contributed by atoms with Crippen LogP contribution in [-0.2, 0) is 37.9 Å². The third-order valence-electron chi connectivity index (χ3n) is 5.33. The van der Waals surface area contributed by atoms with Crippen LogP contribution in [0.3, 0.4) is 0 Å². The van der Waals surface area contributed by atoms with Crippen LogP contribution >= 0.6 is 0 Å². The highest BCUT2D eigenvalue weighted by Gasteiger charge is 2.19. The molecule has 1 heterocycles. The average molecular weight is 604 g/mol. The summed E-state index contributed by atoms with van der Waals surface area (Å²) in [6.07, 6.45) is 1.26. The van der Waals surface area contributed by atoms with Crippen LogP contribution in [0.2, 0.25) is 0 Å². The number of aromatic nitrogens is 2. The first-order valence-electron chi connectivity index (χ1n) is 14.2. The van der Waals surface area contributed by atoms with Crippen LogP contribution in [0, 0.1) is 0 Å². The molecule has 242 valence electrons. The third-order valence-corrected chi connectivity index (χ3v) is 5.33. The summed E-state index contributed by atoms with van der Waals surface area (Å²) in [6.45, 7) is 9.23. The normalized spacial score (nSPS) is 11.1. The minimum atomic E-state index is -0.754. The maximum absolute atomic E-state index is 12.2. The Kier molecular flexibility index (Phi) is 23.4. The Bertz CT molecular complexity index is 782. The molecule has 1 rings (SSSR count). The fraction of sp³-hybridized carbons (Fsp3) is 0.778. The van der Waals surface area contributed by atoms with Crippen molar-refractivity contribution in [3.8, 4) is 0 Å². The number of carbonyl (C=O) groups excluding carboxylic acids is 2. The molecule has 0 fully saturated rings. The number of nitrogens with two attached hydrogens (primary N) is 1. The Morgan fingerprint density at radius 1 is 0.571 bits per heavy atom. The average Bonchev–Trinajstić information content (AvgIpc) is 2.97. The summed E-state index contributed by atoms with van der Waals surface area (Å²) >= 11 is 0. The lowest BCUT2D eigenvalue weighted by atomic mass is 10.2. The molecular formula is C27H49N5O10. The topological polar surface area (TPSA) is 184 Å². The molecule has 0 aliphatic carbocycles. The number of anilines is 2. The van der Waals surface area contributed by atoms with E-state index < -0.39 is 5.91 Å². The number of nitrogens with one attached hydrogen (secondary N) is 2. The van der Waals surface area contributed by atoms with E-state index in [9.17, 15) is 9.59 Å². The molecule has 0 unspecified atom stereocenters. The molecule has 42 heavy (non-hydrogen) atoms. The number of hydrogen-bond donors (Lipinski definition) is 3. The Labute approximate surface area is 248 Å². The quantitative estimate of drug-likeness (QED) is 0.0827. The minimum absolute atomic E-state index is 0.0517. The molecule has 0 saturated heterocycles. The molecule has 0 atom stereocenters. The van der Waals surface area contributed by atoms with Gasteiger partial charge in [0.15, 0.2) is 28.8 Å². The van der Waals surface area contributed by atoms with Gasteiger partial charge in [0, 0.05) is 47.4 Å². The second kappa shape index (κ2) is 26.2. The van der Waals surface area contributed by atoms with E-state index in [1.54, 1.807) is 14.2 Å². The molecule has 0 bridgehead atoms. The van der Waals surface area contributed by atoms with Gasteiger partial charge in [-0.1, -0.05) is 0 Å². The van der Waals surface area contributed by atoms with Crippen molar-refractivity contribution >= 4 is 23.3 Å². The van der Waals surface area contributed by atoms with Gasteiger partial charge in [-0.2, -0.15) is 0 Å². The summed E-state index contributed by atoms with van der Waals surface area (Å²) in [6, 6.07) is 0. The van der Waals surface area contributed by atoms with Crippen molar-refractivity contribution in [2.75, 3.05) is 130 Å². The van der Waals surface area contributed by atoms with Crippen molar-refractivity contribution in [2.24, 2.45) is 5.73 Å². The zero-order chi connectivity index (χ0) is 30.7. The van der Waals surface area contributed by atoms with Crippen LogP contribution in [0.4, 0.5) is 11.6 Å². The van der Waals surface area contributed by atoms with Crippen LogP contribution in [0.15, 0.2) is 0 Å². The standard InChI is InChI=1S/C27H49N5O10/c1-22(33)23-26(29-6-4-8-37-14-16-41-20-18-39-12-10-35-2)32-24(25(28)34)27(31-23)30-7-5-9-38-15-17-42-21-19-40-13-11-36-3/h4-21H2,1-3H3,(H2,28,34)(H,29,32)(H,30,31). The highest BCUT2D eigenvalue weighted by Crippen LogP contribution is 2.18. The van der Waals surface area contributed by atoms with Crippen molar-refractivity contribution < 1.29 is 47.5 Å². The summed E-state index contributed by atoms with van der Waals surface area (Å²) < 4.78 is 42.4. The predicted molar refractivity (Wildman–Crippen MR) is 155 cm³/mol. The van der Waals surface area contributed by atoms with Crippen molar-refractivity contribution in [3.63, 3.8) is 0 Å². The van der Waals surface area contributed by atoms with E-state index in [4.69, 9.17) is 43.6 Å². The number of ether oxygens (including phenoxy) is 8. The summed E-state index contributed by atoms with van der Waals surface area (Å²) in [7, 11) is 3.25. The summed E-state index contributed by atoms with van der Waals surface area (Å²) in [5, 5.41) is 6.09. The van der Waals surface area contributed by atoms with Gasteiger partial charge in [0.1, 0.15) is 0 Å². The molecule has 1 aromatic rings. The van der Waals surface area contributed by atoms with E-state index in [2.05, 4.69) is 20.6 Å². The van der Waals surface area contributed by atoms with Crippen LogP contribution in [0.5, 0.6) is 0 Å². The SMILES string of the molecule is COCCOCCOCCOCCCNc1nc(C(N)=O)c(NCCCOCCOCCOCCOC)nc1C(C)=O. The van der Waals surface area contributed by atoms with Gasteiger partial charge in [-0.15, -0.1) is 0 Å². The van der Waals surface area contributed by atoms with Gasteiger partial charge < -0.3 is 54.3 Å². The van der Waals surface area contributed by atoms with Crippen molar-refractivity contribution in [3.05, 3.63) is 11.4 Å². The molecule has 0 aliphatic heterocycles. The van der Waals surface area contributed by atoms with Gasteiger partial charge >= 0.3 is 0 Å². The maximum Gasteiger partial charge on any atom is 0.271 e. The molecule has 4 N–H and O–H groups in total. The molecular weight excluding hydrogens is 554 g/mol. The van der Waals surface area contributed by atoms with Crippen LogP contribution in [0.25, 0.3) is 0 Å². The number of rotatable bonds is 30. The van der Waals surface area contributed by atoms with Gasteiger partial charge in [-0.05, 0) is 12.8 Å². The van der Waals surface area contributed by atoms with Crippen LogP contribution < -0.4 is 16.4 Å². The van der Waals surface area contributed by atoms with E-state index in [0.717, 1.165) is 0 Å². The van der Waals surface area contributed by atoms with Gasteiger partial charge in [-0.3, -0.25) is 9.59 Å². The second-order valence-corrected chi connectivity index (χ2v) is 8.76. The minimum Gasteiger partial charge on any atom is -0.382 e. The van der Waals surface area contributed by atoms with E-state index in [1.807, 2.05) is 0 Å². The molecule has 0 saturated carbocycles. The fourth-order valence-corrected chi connectivity index (χ4v) is 3.23. The van der Waals surface area contributed by atoms with Crippen molar-refractivity contribution in [2.45, 2.75) is 19.8 Å². The van der Waals surface area contributed by atoms with Crippen molar-refractivity contribution in [1.82, 2.24) is 9.97 Å². The van der Waals surface area contributed by atoms with E-state index in [1.165, 1.54) is 6.92 Å². The Morgan fingerprint density at radius 3 is 1.26 bits per heavy atom. The predicted octanol–water partition coefficient (Wildman–Crippen LogP) is 0.775. The zero-order valence-electron chi connectivity index (χ0n) is 25.3. The van der Waals surface area contributed by atoms with Crippen molar-refractivity contribution in [1.29, 1.82) is 0 Å². The summed E-state index contributed by atoms with van der Waals surface area (Å²) in [4.78, 5) is 32.9. The van der Waals surface area contributed by atoms with E-state index in [-0.39, 0.29) is 28.8 Å². The third kappa shape index (κ3) is 18.8. The van der Waals surface area contributed by atoms with Crippen LogP contribution in [0.1, 0.15) is 40.7 Å². The van der Waals surface area contributed by atoms with Gasteiger partial charge in [0.25, 0.3) is 5.91 Å². The first-order chi connectivity index (χ1) is 20.5. The van der Waals surface area contributed by atoms with Gasteiger partial charge in [0.05, 0.1) is 79.3 Å². The molecule has 1 aromatic heterocycles. The maximum atomic E-state index is 12.2. The number of ketones is 1. The molecule has 0 aliphatic rings. The molecule has 0 radical (unpaired) electrons.